The van der Waals surface area contributed by atoms with Crippen LogP contribution >= 0.6 is 0 Å². The van der Waals surface area contributed by atoms with Crippen molar-refractivity contribution in [3.05, 3.63) is 0 Å². The highest BCUT2D eigenvalue weighted by Gasteiger charge is 2.69. The Hall–Kier alpha value is -2.20. The Balaban J connectivity index is 0.000000127. The molecule has 5 N–H and O–H groups in total. The van der Waals surface area contributed by atoms with E-state index in [2.05, 4.69) is 104 Å². The summed E-state index contributed by atoms with van der Waals surface area (Å²) in [5, 5.41) is 53.2. The maximum absolute atomic E-state index is 14.8. The number of alkyl halides is 5. The molecule has 15 unspecified atom stereocenters. The van der Waals surface area contributed by atoms with Crippen LogP contribution in [0.25, 0.3) is 0 Å². The SMILES string of the molecule is CC(=O)CCC[C@H]1CCC2C3CC[C@H]4C[C@@](C)(O)CC[C@]4(C)C3CC[C@@]21C.CC(=O)CC[C@@H](C)[C@H]1CCC2C3CC[C@H]4C[C@@](C)(O)CC[C@]4(C)C3CC[C@@]21C.CC(=O)C[C@@H](C)[C@H]1CCC2C3CC[C@H]4C[C@@](C)(O)CC[C@]4(C)C3CC[C@@]21C.CC(C)C(=O)C(F)(F)C[C@H]1CCC2C3CC[C@H]4C[C@@](C)(O)CC[C@]4(C)C3CC[C@@]21C.C[C@]1(O)CC[C@]2(C)C3CC[C@@]4(C)C(CC[C@@H]4CCC(=O)C(F)(F)F)C3CC[C@H]2C1. The van der Waals surface area contributed by atoms with Crippen molar-refractivity contribution in [3.8, 4) is 0 Å². The molecule has 0 aromatic carbocycles. The molecule has 0 aliphatic heterocycles. The lowest BCUT2D eigenvalue weighted by Crippen LogP contribution is -2.55. The highest BCUT2D eigenvalue weighted by atomic mass is 19.4. The molecule has 20 aliphatic rings. The highest BCUT2D eigenvalue weighted by molar-refractivity contribution is 5.87. The van der Waals surface area contributed by atoms with Gasteiger partial charge >= 0.3 is 12.1 Å². The standard InChI is InChI=1S/C26H42F2O2.C26H44O2.2C25H42O2.C24H37F3O2/c1-16(2)22(29)26(27,28)15-18-7-9-20-19-8-6-17-14-23(3,30)12-13-25(17,5)21(19)10-11-24(18,20)4;1-17(6-7-18(2)27)21-10-11-22-20-9-8-19-16-24(3,28)14-15-25(19,4)23(20)12-13-26(21,22)5;1-16(14-17(2)26)20-8-9-21-19-7-6-18-15-23(3,27)12-13-24(18,4)22(19)10-11-25(20,21)5;1-17(26)6-5-7-18-9-11-21-20-10-8-19-16-23(2,27)14-15-25(19,4)22(20)12-13-24(18,21)3;1-21(29)12-13-23(3)16(14-21)4-7-17-18-8-5-15(6-9-20(28)24(25,26)27)22(18,2)11-10-19(17)23/h16-21,30H,6-15H2,1-5H3;17,19-23,28H,6-16H2,1-5H3;16,18-22,27H,6-15H2,1-5H3;18-22,27H,5-16H2,1-4H3;15-19,29H,4-14H2,1-3H3/t17-,18+,19?,20?,21?,23-,24+,25-;17-,19+,20?,21-,22?,23?,24+,25+,26-;16-,18+,19?,20-,21?,22?,23+,24+,25-;18-,19-,20?,21?,22?,23-,24+,25-;15-,16+,17?,18?,19?,21+,22-,23+/m01101/s1. The minimum atomic E-state index is -4.69. The molecule has 0 radical (unpaired) electrons. The van der Waals surface area contributed by atoms with Crippen LogP contribution in [-0.4, -0.2) is 94.6 Å². The van der Waals surface area contributed by atoms with Crippen molar-refractivity contribution in [1.82, 2.24) is 0 Å². The van der Waals surface area contributed by atoms with Crippen LogP contribution in [0.5, 0.6) is 0 Å². The van der Waals surface area contributed by atoms with Gasteiger partial charge in [-0.05, 0) is 584 Å². The van der Waals surface area contributed by atoms with E-state index < -0.39 is 57.6 Å². The van der Waals surface area contributed by atoms with Gasteiger partial charge in [0.2, 0.25) is 11.6 Å². The van der Waals surface area contributed by atoms with E-state index in [4.69, 9.17) is 0 Å². The molecule has 0 bridgehead atoms. The average Bonchev–Trinajstić information content (AvgIpc) is 1.66. The number of aliphatic hydroxyl groups is 5. The fraction of sp³-hybridized carbons (Fsp3) is 0.960. The minimum Gasteiger partial charge on any atom is -0.390 e. The van der Waals surface area contributed by atoms with E-state index in [1.54, 1.807) is 34.6 Å². The number of fused-ring (bicyclic) bond motifs is 25. The second-order valence-electron chi connectivity index (χ2n) is 60.3. The summed E-state index contributed by atoms with van der Waals surface area (Å²) in [5.74, 6) is 13.9. The third kappa shape index (κ3) is 21.1. The first-order valence-corrected chi connectivity index (χ1v) is 60.1. The second-order valence-corrected chi connectivity index (χ2v) is 60.3. The summed E-state index contributed by atoms with van der Waals surface area (Å²) in [7, 11) is 0. The molecule has 141 heavy (non-hydrogen) atoms. The quantitative estimate of drug-likeness (QED) is 0.0827. The topological polar surface area (TPSA) is 186 Å². The first-order valence-electron chi connectivity index (χ1n) is 60.1. The van der Waals surface area contributed by atoms with Crippen LogP contribution in [0, 0.1) is 220 Å². The molecule has 20 saturated carbocycles. The zero-order chi connectivity index (χ0) is 103. The Morgan fingerprint density at radius 3 is 0.851 bits per heavy atom. The zero-order valence-corrected chi connectivity index (χ0v) is 93.5. The summed E-state index contributed by atoms with van der Waals surface area (Å²) in [6.07, 6.45) is 54.5. The van der Waals surface area contributed by atoms with Gasteiger partial charge in [0.1, 0.15) is 17.3 Å². The van der Waals surface area contributed by atoms with E-state index in [-0.39, 0.29) is 35.5 Å². The molecular formula is C126H207F5O10. The molecule has 806 valence electrons. The van der Waals surface area contributed by atoms with Crippen molar-refractivity contribution in [2.45, 2.75) is 539 Å². The largest absolute Gasteiger partial charge is 0.449 e. The number of carbonyl (C=O) groups is 5. The molecule has 10 nitrogen and oxygen atoms in total. The van der Waals surface area contributed by atoms with Gasteiger partial charge in [0.15, 0.2) is 0 Å². The van der Waals surface area contributed by atoms with Gasteiger partial charge in [0, 0.05) is 38.0 Å². The van der Waals surface area contributed by atoms with Crippen molar-refractivity contribution in [3.63, 3.8) is 0 Å². The molecule has 0 saturated heterocycles. The van der Waals surface area contributed by atoms with Crippen molar-refractivity contribution < 1.29 is 71.5 Å². The molecule has 15 heteroatoms. The van der Waals surface area contributed by atoms with Gasteiger partial charge < -0.3 is 39.9 Å². The van der Waals surface area contributed by atoms with Crippen LogP contribution in [0.4, 0.5) is 22.0 Å². The number of carbonyl (C=O) groups excluding carboxylic acids is 5. The lowest BCUT2D eigenvalue weighted by Gasteiger charge is -2.62. The predicted octanol–water partition coefficient (Wildman–Crippen LogP) is 31.5. The Morgan fingerprint density at radius 1 is 0.284 bits per heavy atom. The summed E-state index contributed by atoms with van der Waals surface area (Å²) in [4.78, 5) is 58.2. The van der Waals surface area contributed by atoms with Crippen molar-refractivity contribution >= 4 is 28.9 Å². The lowest BCUT2D eigenvalue weighted by molar-refractivity contribution is -0.171. The van der Waals surface area contributed by atoms with E-state index >= 15 is 0 Å². The Bertz CT molecular complexity index is 4390. The van der Waals surface area contributed by atoms with Crippen LogP contribution in [0.1, 0.15) is 499 Å². The van der Waals surface area contributed by atoms with Gasteiger partial charge in [-0.2, -0.15) is 22.0 Å². The third-order valence-electron chi connectivity index (χ3n) is 51.9. The monoisotopic (exact) mass is 1980 g/mol. The molecule has 20 fully saturated rings. The smallest absolute Gasteiger partial charge is 0.390 e. The van der Waals surface area contributed by atoms with Gasteiger partial charge in [0.05, 0.1) is 28.0 Å². The van der Waals surface area contributed by atoms with E-state index in [1.807, 2.05) is 13.8 Å². The highest BCUT2D eigenvalue weighted by Crippen LogP contribution is 2.77. The van der Waals surface area contributed by atoms with Crippen LogP contribution in [-0.2, 0) is 24.0 Å². The first-order chi connectivity index (χ1) is 65.5. The van der Waals surface area contributed by atoms with Crippen LogP contribution in [0.2, 0.25) is 0 Å². The average molecular weight is 1980 g/mol. The van der Waals surface area contributed by atoms with Crippen LogP contribution in [0.15, 0.2) is 0 Å². The van der Waals surface area contributed by atoms with E-state index in [0.717, 1.165) is 249 Å². The van der Waals surface area contributed by atoms with Gasteiger partial charge in [-0.15, -0.1) is 0 Å². The number of hydrogen-bond donors (Lipinski definition) is 5. The fourth-order valence-corrected chi connectivity index (χ4v) is 43.8. The van der Waals surface area contributed by atoms with Crippen molar-refractivity contribution in [1.29, 1.82) is 0 Å². The zero-order valence-electron chi connectivity index (χ0n) is 93.5. The first kappa shape index (κ1) is 111. The molecule has 42 atom stereocenters. The van der Waals surface area contributed by atoms with E-state index in [9.17, 15) is 71.5 Å². The van der Waals surface area contributed by atoms with Crippen molar-refractivity contribution in [2.24, 2.45) is 220 Å². The van der Waals surface area contributed by atoms with Crippen molar-refractivity contribution in [2.75, 3.05) is 0 Å². The van der Waals surface area contributed by atoms with Crippen LogP contribution in [0.3, 0.4) is 0 Å². The molecule has 20 rings (SSSR count). The summed E-state index contributed by atoms with van der Waals surface area (Å²) >= 11 is 0. The second kappa shape index (κ2) is 40.4. The van der Waals surface area contributed by atoms with Gasteiger partial charge in [0.25, 0.3) is 0 Å². The third-order valence-corrected chi connectivity index (χ3v) is 51.9. The fourth-order valence-electron chi connectivity index (χ4n) is 43.8. The summed E-state index contributed by atoms with van der Waals surface area (Å²) in [5.41, 5.74) is 1.19. The van der Waals surface area contributed by atoms with Gasteiger partial charge in [-0.1, -0.05) is 96.9 Å². The summed E-state index contributed by atoms with van der Waals surface area (Å²) < 4.78 is 67.5. The number of halogens is 5. The molecule has 0 amide bonds. The Morgan fingerprint density at radius 2 is 0.553 bits per heavy atom. The Labute approximate surface area is 854 Å². The molecule has 0 spiro atoms. The minimum absolute atomic E-state index is 0.0428. The Kier molecular flexibility index (Phi) is 31.9. The van der Waals surface area contributed by atoms with E-state index in [0.29, 0.717) is 126 Å². The van der Waals surface area contributed by atoms with Crippen LogP contribution < -0.4 is 0 Å². The normalized spacial score (nSPS) is 51.0. The molecule has 0 heterocycles. The number of Topliss-reactive ketones (excluding diaryl/α,β-unsaturated/α-hetero) is 5. The maximum Gasteiger partial charge on any atom is 0.449 e. The molecule has 0 aromatic heterocycles. The molecular weight excluding hydrogens is 1770 g/mol. The number of hydrogen-bond acceptors (Lipinski definition) is 10. The lowest BCUT2D eigenvalue weighted by atomic mass is 9.43. The van der Waals surface area contributed by atoms with E-state index in [1.165, 1.54) is 167 Å². The summed E-state index contributed by atoms with van der Waals surface area (Å²) in [6.45, 7) is 48.5. The molecule has 20 aliphatic carbocycles. The maximum atomic E-state index is 14.8. The van der Waals surface area contributed by atoms with Gasteiger partial charge in [-0.3, -0.25) is 9.59 Å². The summed E-state index contributed by atoms with van der Waals surface area (Å²) in [6, 6.07) is 0. The predicted molar refractivity (Wildman–Crippen MR) is 557 cm³/mol. The number of rotatable bonds is 18. The molecule has 0 aromatic rings. The number of ketones is 5. The van der Waals surface area contributed by atoms with Gasteiger partial charge in [-0.25, -0.2) is 0 Å².